The number of para-hydroxylation sites is 1. The summed E-state index contributed by atoms with van der Waals surface area (Å²) in [5.74, 6) is 5.26. The molecule has 6 aliphatic carbocycles. The van der Waals surface area contributed by atoms with E-state index >= 15 is 0 Å². The number of hydrogen-bond donors (Lipinski definition) is 0. The van der Waals surface area contributed by atoms with E-state index in [1.807, 2.05) is 0 Å². The second kappa shape index (κ2) is 12.2. The fourth-order valence-corrected chi connectivity index (χ4v) is 14.1. The van der Waals surface area contributed by atoms with Gasteiger partial charge >= 0.3 is 0 Å². The lowest BCUT2D eigenvalue weighted by molar-refractivity contribution is -0.0452. The number of rotatable bonds is 4. The maximum absolute atomic E-state index is 7.06. The second-order valence-corrected chi connectivity index (χ2v) is 21.2. The fraction of sp³-hybridized carbons (Fsp3) is 0.368. The van der Waals surface area contributed by atoms with Gasteiger partial charge in [0, 0.05) is 45.1 Å². The van der Waals surface area contributed by atoms with Crippen molar-refractivity contribution in [3.05, 3.63) is 161 Å². The fourth-order valence-electron chi connectivity index (χ4n) is 14.1. The highest BCUT2D eigenvalue weighted by Crippen LogP contribution is 2.69. The zero-order valence-corrected chi connectivity index (χ0v) is 35.7. The molecule has 0 unspecified atom stereocenters. The molecule has 7 aliphatic rings. The molecule has 4 saturated carbocycles. The van der Waals surface area contributed by atoms with Crippen LogP contribution in [0.5, 0.6) is 11.5 Å². The smallest absolute Gasteiger partial charge is 0.133 e. The third-order valence-electron chi connectivity index (χ3n) is 16.8. The summed E-state index contributed by atoms with van der Waals surface area (Å²) < 4.78 is 7.06. The van der Waals surface area contributed by atoms with Gasteiger partial charge in [-0.15, -0.1) is 0 Å². The molecule has 0 amide bonds. The molecule has 6 aromatic carbocycles. The highest BCUT2D eigenvalue weighted by atomic mass is 16.5. The molecule has 59 heavy (non-hydrogen) atoms. The van der Waals surface area contributed by atoms with Crippen molar-refractivity contribution >= 4 is 17.1 Å². The van der Waals surface area contributed by atoms with Crippen LogP contribution in [0.2, 0.25) is 0 Å². The summed E-state index contributed by atoms with van der Waals surface area (Å²) in [4.78, 5) is 2.49. The molecule has 0 radical (unpaired) electrons. The van der Waals surface area contributed by atoms with E-state index in [0.29, 0.717) is 11.8 Å². The van der Waals surface area contributed by atoms with Crippen LogP contribution in [-0.2, 0) is 21.7 Å². The van der Waals surface area contributed by atoms with Crippen molar-refractivity contribution in [1.29, 1.82) is 0 Å². The Morgan fingerprint density at radius 2 is 1.03 bits per heavy atom. The van der Waals surface area contributed by atoms with Crippen LogP contribution >= 0.6 is 0 Å². The first-order valence-electron chi connectivity index (χ1n) is 22.6. The summed E-state index contributed by atoms with van der Waals surface area (Å²) in [6.07, 6.45) is 9.28. The van der Waals surface area contributed by atoms with Gasteiger partial charge in [-0.3, -0.25) is 0 Å². The highest BCUT2D eigenvalue weighted by Gasteiger charge is 2.61. The first kappa shape index (κ1) is 35.8. The van der Waals surface area contributed by atoms with Gasteiger partial charge < -0.3 is 9.64 Å². The van der Waals surface area contributed by atoms with Crippen LogP contribution in [0.15, 0.2) is 127 Å². The van der Waals surface area contributed by atoms with E-state index in [2.05, 4.69) is 174 Å². The van der Waals surface area contributed by atoms with E-state index in [0.717, 1.165) is 34.7 Å². The lowest BCUT2D eigenvalue weighted by Gasteiger charge is -2.63. The molecule has 6 aromatic rings. The molecule has 4 fully saturated rings. The summed E-state index contributed by atoms with van der Waals surface area (Å²) in [6, 6.07) is 49.0. The van der Waals surface area contributed by atoms with Gasteiger partial charge in [-0.2, -0.15) is 0 Å². The highest BCUT2D eigenvalue weighted by molar-refractivity contribution is 5.86. The third kappa shape index (κ3) is 4.98. The summed E-state index contributed by atoms with van der Waals surface area (Å²) in [5.41, 5.74) is 17.7. The van der Waals surface area contributed by atoms with Crippen molar-refractivity contribution in [2.75, 3.05) is 4.90 Å². The summed E-state index contributed by atoms with van der Waals surface area (Å²) in [7, 11) is 0. The molecule has 4 bridgehead atoms. The molecule has 0 N–H and O–H groups in total. The van der Waals surface area contributed by atoms with Crippen LogP contribution in [0.1, 0.15) is 120 Å². The molecule has 0 atom stereocenters. The van der Waals surface area contributed by atoms with Gasteiger partial charge in [0.15, 0.2) is 0 Å². The van der Waals surface area contributed by atoms with Gasteiger partial charge in [0.25, 0.3) is 0 Å². The first-order valence-corrected chi connectivity index (χ1v) is 22.6. The zero-order valence-electron chi connectivity index (χ0n) is 35.7. The Labute approximate surface area is 351 Å². The van der Waals surface area contributed by atoms with Gasteiger partial charge in [0.1, 0.15) is 11.5 Å². The average molecular weight is 772 g/mol. The van der Waals surface area contributed by atoms with Gasteiger partial charge in [0.05, 0.1) is 0 Å². The Morgan fingerprint density at radius 1 is 0.458 bits per heavy atom. The van der Waals surface area contributed by atoms with Gasteiger partial charge in [-0.1, -0.05) is 126 Å². The minimum absolute atomic E-state index is 0.0309. The molecule has 2 nitrogen and oxygen atoms in total. The zero-order chi connectivity index (χ0) is 40.1. The molecule has 0 saturated heterocycles. The van der Waals surface area contributed by atoms with Crippen LogP contribution in [-0.4, -0.2) is 0 Å². The number of fused-ring (bicyclic) bond motifs is 6. The lowest BCUT2D eigenvalue weighted by atomic mass is 9.42. The molecule has 13 rings (SSSR count). The molecule has 0 aromatic heterocycles. The minimum Gasteiger partial charge on any atom is -0.457 e. The van der Waals surface area contributed by atoms with Crippen LogP contribution in [0.25, 0.3) is 22.3 Å². The molecule has 1 aliphatic heterocycles. The molecule has 1 heterocycles. The van der Waals surface area contributed by atoms with Crippen molar-refractivity contribution in [1.82, 2.24) is 0 Å². The third-order valence-corrected chi connectivity index (χ3v) is 16.8. The van der Waals surface area contributed by atoms with Crippen LogP contribution in [0, 0.1) is 23.7 Å². The molecule has 296 valence electrons. The normalized spacial score (nSPS) is 26.6. The molecular formula is C57H57NO. The largest absolute Gasteiger partial charge is 0.457 e. The van der Waals surface area contributed by atoms with E-state index in [1.54, 1.807) is 0 Å². The Kier molecular flexibility index (Phi) is 7.44. The number of anilines is 3. The van der Waals surface area contributed by atoms with E-state index in [4.69, 9.17) is 4.74 Å². The predicted molar refractivity (Wildman–Crippen MR) is 244 cm³/mol. The molecule has 1 spiro atoms. The van der Waals surface area contributed by atoms with E-state index < -0.39 is 0 Å². The van der Waals surface area contributed by atoms with E-state index in [1.165, 1.54) is 106 Å². The van der Waals surface area contributed by atoms with Crippen molar-refractivity contribution in [2.24, 2.45) is 23.7 Å². The summed E-state index contributed by atoms with van der Waals surface area (Å²) in [6.45, 7) is 14.5. The number of benzene rings is 6. The maximum atomic E-state index is 7.06. The van der Waals surface area contributed by atoms with Crippen molar-refractivity contribution in [2.45, 2.75) is 108 Å². The number of hydrogen-bond acceptors (Lipinski definition) is 2. The summed E-state index contributed by atoms with van der Waals surface area (Å²) >= 11 is 0. The Balaban J connectivity index is 1.02. The van der Waals surface area contributed by atoms with E-state index in [-0.39, 0.29) is 21.7 Å². The van der Waals surface area contributed by atoms with Crippen LogP contribution in [0.3, 0.4) is 0 Å². The van der Waals surface area contributed by atoms with Crippen LogP contribution < -0.4 is 9.64 Å². The SMILES string of the molecule is CC1(C)CCC(C)(C)c2c(-c3ccc(N(c4ccc5c(c4)Oc4ccccc4C54C5CC6CC(C5)CC4C6)c4ccc5c(c4)C(C)(C)c4ccccc4-5)cc3)cccc21. The predicted octanol–water partition coefficient (Wildman–Crippen LogP) is 15.3. The van der Waals surface area contributed by atoms with Crippen molar-refractivity contribution in [3.8, 4) is 33.8 Å². The average Bonchev–Trinajstić information content (AvgIpc) is 3.46. The number of ether oxygens (including phenoxy) is 1. The lowest BCUT2D eigenvalue weighted by Crippen LogP contribution is -2.56. The van der Waals surface area contributed by atoms with Gasteiger partial charge in [-0.05, 0) is 160 Å². The maximum Gasteiger partial charge on any atom is 0.133 e. The Morgan fingerprint density at radius 3 is 1.80 bits per heavy atom. The monoisotopic (exact) mass is 771 g/mol. The molecular weight excluding hydrogens is 715 g/mol. The Bertz CT molecular complexity index is 2660. The summed E-state index contributed by atoms with van der Waals surface area (Å²) in [5, 5.41) is 0. The van der Waals surface area contributed by atoms with Crippen LogP contribution in [0.4, 0.5) is 17.1 Å². The Hall–Kier alpha value is -5.08. The first-order chi connectivity index (χ1) is 28.4. The number of nitrogens with zero attached hydrogens (tertiary/aromatic N) is 1. The standard InChI is InChI=1S/C57H57NO/c1-54(2)26-27-55(3,4)53-43(13-11-16-49(53)54)37-18-20-40(21-19-37)58(41-22-24-45-44-12-7-8-14-46(44)56(5,6)50(45)33-41)42-23-25-48-52(34-42)59-51-17-10-9-15-47(51)57(48)38-29-35-28-36(31-38)32-39(57)30-35/h7-25,33-36,38-39H,26-32H2,1-6H3. The minimum atomic E-state index is -0.0982. The molecule has 2 heteroatoms. The van der Waals surface area contributed by atoms with E-state index in [9.17, 15) is 0 Å². The van der Waals surface area contributed by atoms with Gasteiger partial charge in [0.2, 0.25) is 0 Å². The van der Waals surface area contributed by atoms with Gasteiger partial charge in [-0.25, -0.2) is 0 Å². The quantitative estimate of drug-likeness (QED) is 0.177. The second-order valence-electron chi connectivity index (χ2n) is 21.2. The van der Waals surface area contributed by atoms with Crippen molar-refractivity contribution < 1.29 is 4.74 Å². The topological polar surface area (TPSA) is 12.5 Å². The van der Waals surface area contributed by atoms with Crippen molar-refractivity contribution in [3.63, 3.8) is 0 Å².